The molecule has 0 fully saturated rings. The fourth-order valence-corrected chi connectivity index (χ4v) is 3.91. The van der Waals surface area contributed by atoms with Gasteiger partial charge in [-0.1, -0.05) is 53.8 Å². The fraction of sp³-hybridized carbons (Fsp3) is 0.400. The Morgan fingerprint density at radius 3 is 2.42 bits per heavy atom. The van der Waals surface area contributed by atoms with Gasteiger partial charge in [0.2, 0.25) is 0 Å². The largest absolute Gasteiger partial charge is 0.371 e. The Morgan fingerprint density at radius 1 is 1.00 bits per heavy atom. The predicted octanol–water partition coefficient (Wildman–Crippen LogP) is 4.80. The van der Waals surface area contributed by atoms with E-state index in [1.807, 2.05) is 12.1 Å². The molecule has 1 aliphatic heterocycles. The van der Waals surface area contributed by atoms with Crippen LogP contribution in [0.4, 0.5) is 0 Å². The summed E-state index contributed by atoms with van der Waals surface area (Å²) >= 11 is 0. The van der Waals surface area contributed by atoms with Crippen LogP contribution in [0.5, 0.6) is 0 Å². The zero-order valence-electron chi connectivity index (χ0n) is 14.4. The van der Waals surface area contributed by atoms with Crippen LogP contribution >= 0.6 is 0 Å². The van der Waals surface area contributed by atoms with E-state index < -0.39 is 0 Å². The molecule has 2 aliphatic rings. The van der Waals surface area contributed by atoms with Crippen molar-refractivity contribution >= 4 is 0 Å². The Labute approximate surface area is 143 Å². The molecule has 124 valence electrons. The predicted molar refractivity (Wildman–Crippen MR) is 93.7 cm³/mol. The lowest BCUT2D eigenvalue weighted by Gasteiger charge is -2.32. The molecule has 0 radical (unpaired) electrons. The SMILES string of the molecule is CC(C)OC1Cc2ccccc2C2C(N=NN2C)c2ccccc21. The van der Waals surface area contributed by atoms with Crippen molar-refractivity contribution in [3.8, 4) is 0 Å². The lowest BCUT2D eigenvalue weighted by Crippen LogP contribution is -2.25. The van der Waals surface area contributed by atoms with Crippen molar-refractivity contribution in [2.75, 3.05) is 7.05 Å². The first-order valence-corrected chi connectivity index (χ1v) is 8.61. The fourth-order valence-electron chi connectivity index (χ4n) is 3.91. The van der Waals surface area contributed by atoms with E-state index in [-0.39, 0.29) is 24.3 Å². The minimum Gasteiger partial charge on any atom is -0.371 e. The van der Waals surface area contributed by atoms with Gasteiger partial charge in [0.25, 0.3) is 0 Å². The van der Waals surface area contributed by atoms with Crippen LogP contribution in [0.3, 0.4) is 0 Å². The summed E-state index contributed by atoms with van der Waals surface area (Å²) in [5.74, 6) is 0. The van der Waals surface area contributed by atoms with Gasteiger partial charge in [0.1, 0.15) is 12.1 Å². The number of likely N-dealkylation sites (N-methyl/N-ethyl adjacent to an activating group) is 1. The average molecular weight is 321 g/mol. The first kappa shape index (κ1) is 15.3. The van der Waals surface area contributed by atoms with E-state index in [0.29, 0.717) is 0 Å². The van der Waals surface area contributed by atoms with E-state index in [2.05, 4.69) is 72.7 Å². The average Bonchev–Trinajstić information content (AvgIpc) is 2.94. The molecule has 4 nitrogen and oxygen atoms in total. The van der Waals surface area contributed by atoms with E-state index in [1.54, 1.807) is 0 Å². The number of hydrogen-bond donors (Lipinski definition) is 0. The molecule has 2 aromatic carbocycles. The smallest absolute Gasteiger partial charge is 0.124 e. The van der Waals surface area contributed by atoms with Crippen molar-refractivity contribution in [3.05, 3.63) is 70.8 Å². The molecule has 1 aliphatic carbocycles. The summed E-state index contributed by atoms with van der Waals surface area (Å²) in [6.07, 6.45) is 1.10. The lowest BCUT2D eigenvalue weighted by atomic mass is 9.82. The van der Waals surface area contributed by atoms with Crippen LogP contribution in [-0.4, -0.2) is 18.2 Å². The molecule has 0 amide bonds. The van der Waals surface area contributed by atoms with E-state index in [4.69, 9.17) is 4.74 Å². The Kier molecular flexibility index (Phi) is 3.85. The third-order valence-corrected chi connectivity index (χ3v) is 4.90. The molecule has 3 unspecified atom stereocenters. The standard InChI is InChI=1S/C20H23N3O/c1-13(2)24-18-12-14-8-4-5-9-15(14)20-19(21-22-23(20)3)17-11-7-6-10-16(17)18/h4-11,13,18-20H,12H2,1-3H3. The van der Waals surface area contributed by atoms with Crippen molar-refractivity contribution in [1.82, 2.24) is 5.01 Å². The number of nitrogens with zero attached hydrogens (tertiary/aromatic N) is 3. The Bertz CT molecular complexity index is 771. The molecule has 2 aromatic rings. The van der Waals surface area contributed by atoms with Gasteiger partial charge in [-0.2, -0.15) is 5.11 Å². The number of fused-ring (bicyclic) bond motifs is 5. The maximum atomic E-state index is 6.30. The highest BCUT2D eigenvalue weighted by molar-refractivity contribution is 5.42. The summed E-state index contributed by atoms with van der Waals surface area (Å²) in [5, 5.41) is 10.9. The molecule has 4 heteroatoms. The third kappa shape index (κ3) is 2.51. The van der Waals surface area contributed by atoms with Crippen LogP contribution in [0.1, 0.15) is 54.3 Å². The number of rotatable bonds is 2. The van der Waals surface area contributed by atoms with Crippen LogP contribution in [0, 0.1) is 0 Å². The van der Waals surface area contributed by atoms with Crippen LogP contribution < -0.4 is 0 Å². The first-order valence-electron chi connectivity index (χ1n) is 8.61. The van der Waals surface area contributed by atoms with Crippen LogP contribution in [0.2, 0.25) is 0 Å². The summed E-state index contributed by atoms with van der Waals surface area (Å²) in [7, 11) is 2.01. The highest BCUT2D eigenvalue weighted by Gasteiger charge is 2.38. The zero-order valence-corrected chi connectivity index (χ0v) is 14.4. The van der Waals surface area contributed by atoms with E-state index >= 15 is 0 Å². The lowest BCUT2D eigenvalue weighted by molar-refractivity contribution is 0.00524. The summed E-state index contributed by atoms with van der Waals surface area (Å²) in [6.45, 7) is 4.19. The van der Waals surface area contributed by atoms with Crippen molar-refractivity contribution in [2.24, 2.45) is 10.3 Å². The Balaban J connectivity index is 1.89. The molecule has 3 atom stereocenters. The highest BCUT2D eigenvalue weighted by atomic mass is 16.5. The molecule has 0 saturated carbocycles. The monoisotopic (exact) mass is 321 g/mol. The maximum absolute atomic E-state index is 6.30. The zero-order chi connectivity index (χ0) is 16.7. The molecule has 0 N–H and O–H groups in total. The third-order valence-electron chi connectivity index (χ3n) is 4.90. The minimum atomic E-state index is 0.0194. The van der Waals surface area contributed by atoms with Crippen molar-refractivity contribution < 1.29 is 4.74 Å². The second-order valence-electron chi connectivity index (χ2n) is 6.87. The van der Waals surface area contributed by atoms with Crippen molar-refractivity contribution in [1.29, 1.82) is 0 Å². The van der Waals surface area contributed by atoms with Gasteiger partial charge in [-0.25, -0.2) is 0 Å². The topological polar surface area (TPSA) is 37.2 Å². The van der Waals surface area contributed by atoms with Gasteiger partial charge in [0.15, 0.2) is 0 Å². The molecule has 0 bridgehead atoms. The second-order valence-corrected chi connectivity index (χ2v) is 6.87. The van der Waals surface area contributed by atoms with Gasteiger partial charge >= 0.3 is 0 Å². The van der Waals surface area contributed by atoms with E-state index in [9.17, 15) is 0 Å². The number of hydrogen-bond acceptors (Lipinski definition) is 4. The molecule has 0 saturated heterocycles. The second kappa shape index (κ2) is 6.02. The summed E-state index contributed by atoms with van der Waals surface area (Å²) in [6, 6.07) is 17.3. The van der Waals surface area contributed by atoms with Gasteiger partial charge < -0.3 is 4.74 Å². The van der Waals surface area contributed by atoms with Crippen molar-refractivity contribution in [3.63, 3.8) is 0 Å². The number of ether oxygens (including phenoxy) is 1. The highest BCUT2D eigenvalue weighted by Crippen LogP contribution is 2.47. The number of benzene rings is 2. The maximum Gasteiger partial charge on any atom is 0.124 e. The van der Waals surface area contributed by atoms with Crippen LogP contribution in [0.25, 0.3) is 0 Å². The van der Waals surface area contributed by atoms with E-state index in [0.717, 1.165) is 6.42 Å². The van der Waals surface area contributed by atoms with Gasteiger partial charge in [-0.15, -0.1) is 0 Å². The quantitative estimate of drug-likeness (QED) is 0.796. The Morgan fingerprint density at radius 2 is 1.67 bits per heavy atom. The van der Waals surface area contributed by atoms with Gasteiger partial charge in [-0.05, 0) is 36.1 Å². The minimum absolute atomic E-state index is 0.0194. The van der Waals surface area contributed by atoms with Crippen LogP contribution in [0.15, 0.2) is 58.9 Å². The van der Waals surface area contributed by atoms with E-state index in [1.165, 1.54) is 22.3 Å². The van der Waals surface area contributed by atoms with Crippen LogP contribution in [-0.2, 0) is 11.2 Å². The van der Waals surface area contributed by atoms with Gasteiger partial charge in [-0.3, -0.25) is 5.01 Å². The summed E-state index contributed by atoms with van der Waals surface area (Å²) in [5.41, 5.74) is 5.11. The molecule has 24 heavy (non-hydrogen) atoms. The van der Waals surface area contributed by atoms with Gasteiger partial charge in [0.05, 0.1) is 12.2 Å². The molecule has 0 spiro atoms. The summed E-state index contributed by atoms with van der Waals surface area (Å²) < 4.78 is 6.30. The van der Waals surface area contributed by atoms with Crippen molar-refractivity contribution in [2.45, 2.75) is 44.6 Å². The molecule has 0 aromatic heterocycles. The molecule has 4 rings (SSSR count). The summed E-state index contributed by atoms with van der Waals surface area (Å²) in [4.78, 5) is 0. The first-order chi connectivity index (χ1) is 11.6. The van der Waals surface area contributed by atoms with Gasteiger partial charge in [0, 0.05) is 13.5 Å². The normalized spacial score (nSPS) is 25.0. The molecule has 1 heterocycles. The molecular formula is C20H23N3O. The Hall–Kier alpha value is -2.20. The molecular weight excluding hydrogens is 298 g/mol.